The van der Waals surface area contributed by atoms with Gasteiger partial charge in [-0.25, -0.2) is 4.39 Å². The maximum atomic E-state index is 13.6. The molecule has 1 saturated carbocycles. The van der Waals surface area contributed by atoms with E-state index in [1.165, 1.54) is 12.1 Å². The smallest absolute Gasteiger partial charge is 0.230 e. The van der Waals surface area contributed by atoms with Gasteiger partial charge in [0.25, 0.3) is 0 Å². The summed E-state index contributed by atoms with van der Waals surface area (Å²) in [6.45, 7) is 5.01. The van der Waals surface area contributed by atoms with Gasteiger partial charge in [0, 0.05) is 13.2 Å². The average molecular weight is 337 g/mol. The molecule has 0 bridgehead atoms. The predicted octanol–water partition coefficient (Wildman–Crippen LogP) is 2.79. The number of benzene rings is 1. The van der Waals surface area contributed by atoms with Gasteiger partial charge in [-0.05, 0) is 36.5 Å². The third-order valence-corrected chi connectivity index (χ3v) is 4.53. The van der Waals surface area contributed by atoms with Crippen LogP contribution in [0.3, 0.4) is 0 Å². The molecular weight excluding hydrogens is 309 g/mol. The Morgan fingerprint density at radius 1 is 1.33 bits per heavy atom. The Morgan fingerprint density at radius 3 is 2.67 bits per heavy atom. The van der Waals surface area contributed by atoms with E-state index in [0.717, 1.165) is 18.4 Å². The van der Waals surface area contributed by atoms with E-state index in [1.807, 2.05) is 19.9 Å². The monoisotopic (exact) mass is 337 g/mol. The molecule has 1 fully saturated rings. The molecular formula is C19H28FNO3. The first-order chi connectivity index (χ1) is 11.4. The summed E-state index contributed by atoms with van der Waals surface area (Å²) in [7, 11) is 0. The molecule has 1 aromatic rings. The van der Waals surface area contributed by atoms with E-state index in [4.69, 9.17) is 4.74 Å². The Hall–Kier alpha value is -1.46. The highest BCUT2D eigenvalue weighted by atomic mass is 19.1. The van der Waals surface area contributed by atoms with Gasteiger partial charge < -0.3 is 15.2 Å². The first-order valence-electron chi connectivity index (χ1n) is 8.74. The zero-order valence-corrected chi connectivity index (χ0v) is 14.6. The summed E-state index contributed by atoms with van der Waals surface area (Å²) in [5, 5.41) is 12.8. The summed E-state index contributed by atoms with van der Waals surface area (Å²) in [6, 6.07) is 6.30. The molecule has 1 aromatic carbocycles. The summed E-state index contributed by atoms with van der Waals surface area (Å²) in [5.41, 5.74) is 0.0451. The van der Waals surface area contributed by atoms with Gasteiger partial charge in [-0.15, -0.1) is 0 Å². The molecule has 0 aliphatic heterocycles. The highest BCUT2D eigenvalue weighted by Gasteiger charge is 2.42. The second kappa shape index (κ2) is 8.58. The Morgan fingerprint density at radius 2 is 2.04 bits per heavy atom. The second-order valence-corrected chi connectivity index (χ2v) is 7.09. The molecule has 1 aliphatic rings. The van der Waals surface area contributed by atoms with Gasteiger partial charge in [-0.2, -0.15) is 0 Å². The highest BCUT2D eigenvalue weighted by Crippen LogP contribution is 2.41. The van der Waals surface area contributed by atoms with E-state index >= 15 is 0 Å². The Balaban J connectivity index is 1.95. The van der Waals surface area contributed by atoms with Crippen LogP contribution in [0.25, 0.3) is 0 Å². The molecule has 0 radical (unpaired) electrons. The summed E-state index contributed by atoms with van der Waals surface area (Å²) >= 11 is 0. The molecule has 0 heterocycles. The second-order valence-electron chi connectivity index (χ2n) is 7.09. The summed E-state index contributed by atoms with van der Waals surface area (Å²) < 4.78 is 19.0. The quantitative estimate of drug-likeness (QED) is 0.767. The van der Waals surface area contributed by atoms with Crippen LogP contribution in [0, 0.1) is 11.7 Å². The van der Waals surface area contributed by atoms with Gasteiger partial charge in [-0.1, -0.05) is 38.8 Å². The number of nitrogens with one attached hydrogen (secondary N) is 1. The third kappa shape index (κ3) is 4.77. The van der Waals surface area contributed by atoms with Gasteiger partial charge in [0.15, 0.2) is 0 Å². The molecule has 1 amide bonds. The molecule has 1 atom stereocenters. The molecule has 24 heavy (non-hydrogen) atoms. The van der Waals surface area contributed by atoms with Crippen molar-refractivity contribution in [2.75, 3.05) is 19.8 Å². The third-order valence-electron chi connectivity index (χ3n) is 4.53. The number of halogens is 1. The van der Waals surface area contributed by atoms with Crippen molar-refractivity contribution in [3.05, 3.63) is 35.6 Å². The van der Waals surface area contributed by atoms with Crippen LogP contribution in [0.4, 0.5) is 4.39 Å². The molecule has 5 heteroatoms. The normalized spacial score (nSPS) is 17.9. The van der Waals surface area contributed by atoms with E-state index in [0.29, 0.717) is 25.4 Å². The minimum atomic E-state index is -0.737. The van der Waals surface area contributed by atoms with Crippen molar-refractivity contribution in [1.29, 1.82) is 0 Å². The topological polar surface area (TPSA) is 58.6 Å². The fourth-order valence-electron chi connectivity index (χ4n) is 3.29. The summed E-state index contributed by atoms with van der Waals surface area (Å²) in [6.07, 6.45) is 2.58. The molecule has 0 aromatic heterocycles. The SMILES string of the molecule is CC(C)COCC(O)CNC(=O)C1(c2cccc(F)c2)CCCC1. The lowest BCUT2D eigenvalue weighted by molar-refractivity contribution is -0.127. The van der Waals surface area contributed by atoms with Crippen molar-refractivity contribution < 1.29 is 19.0 Å². The van der Waals surface area contributed by atoms with Crippen molar-refractivity contribution in [2.24, 2.45) is 5.92 Å². The van der Waals surface area contributed by atoms with Crippen LogP contribution >= 0.6 is 0 Å². The first-order valence-corrected chi connectivity index (χ1v) is 8.74. The van der Waals surface area contributed by atoms with Gasteiger partial charge in [0.05, 0.1) is 18.1 Å². The van der Waals surface area contributed by atoms with Gasteiger partial charge >= 0.3 is 0 Å². The van der Waals surface area contributed by atoms with E-state index in [9.17, 15) is 14.3 Å². The number of aliphatic hydroxyl groups excluding tert-OH is 1. The van der Waals surface area contributed by atoms with Crippen LogP contribution in [-0.4, -0.2) is 36.9 Å². The number of hydrogen-bond donors (Lipinski definition) is 2. The summed E-state index contributed by atoms with van der Waals surface area (Å²) in [4.78, 5) is 12.8. The minimum absolute atomic E-state index is 0.131. The van der Waals surface area contributed by atoms with E-state index in [1.54, 1.807) is 6.07 Å². The van der Waals surface area contributed by atoms with Crippen molar-refractivity contribution in [2.45, 2.75) is 51.0 Å². The van der Waals surface area contributed by atoms with E-state index in [-0.39, 0.29) is 24.9 Å². The molecule has 0 saturated heterocycles. The molecule has 4 nitrogen and oxygen atoms in total. The molecule has 2 N–H and O–H groups in total. The predicted molar refractivity (Wildman–Crippen MR) is 91.2 cm³/mol. The zero-order valence-electron chi connectivity index (χ0n) is 14.6. The van der Waals surface area contributed by atoms with Crippen LogP contribution in [-0.2, 0) is 14.9 Å². The Labute approximate surface area is 143 Å². The fourth-order valence-corrected chi connectivity index (χ4v) is 3.29. The van der Waals surface area contributed by atoms with E-state index < -0.39 is 11.5 Å². The standard InChI is InChI=1S/C19H28FNO3/c1-14(2)12-24-13-17(22)11-21-18(23)19(8-3-4-9-19)15-6-5-7-16(20)10-15/h5-7,10,14,17,22H,3-4,8-9,11-13H2,1-2H3,(H,21,23). The van der Waals surface area contributed by atoms with E-state index in [2.05, 4.69) is 5.32 Å². The minimum Gasteiger partial charge on any atom is -0.389 e. The lowest BCUT2D eigenvalue weighted by Crippen LogP contribution is -2.46. The zero-order chi connectivity index (χ0) is 17.6. The largest absolute Gasteiger partial charge is 0.389 e. The van der Waals surface area contributed by atoms with Crippen LogP contribution in [0.2, 0.25) is 0 Å². The van der Waals surface area contributed by atoms with Crippen LogP contribution in [0.15, 0.2) is 24.3 Å². The molecule has 134 valence electrons. The number of rotatable bonds is 8. The average Bonchev–Trinajstić information content (AvgIpc) is 3.03. The Bertz CT molecular complexity index is 541. The van der Waals surface area contributed by atoms with Gasteiger partial charge in [-0.3, -0.25) is 4.79 Å². The number of carbonyl (C=O) groups excluding carboxylic acids is 1. The van der Waals surface area contributed by atoms with Crippen molar-refractivity contribution in [1.82, 2.24) is 5.32 Å². The molecule has 1 aliphatic carbocycles. The van der Waals surface area contributed by atoms with Crippen molar-refractivity contribution >= 4 is 5.91 Å². The molecule has 2 rings (SSSR count). The van der Waals surface area contributed by atoms with Gasteiger partial charge in [0.1, 0.15) is 5.82 Å². The molecule has 1 unspecified atom stereocenters. The van der Waals surface area contributed by atoms with Crippen LogP contribution in [0.1, 0.15) is 45.1 Å². The van der Waals surface area contributed by atoms with Crippen molar-refractivity contribution in [3.8, 4) is 0 Å². The maximum absolute atomic E-state index is 13.6. The van der Waals surface area contributed by atoms with Crippen LogP contribution in [0.5, 0.6) is 0 Å². The number of aliphatic hydroxyl groups is 1. The first kappa shape index (κ1) is 18.9. The van der Waals surface area contributed by atoms with Gasteiger partial charge in [0.2, 0.25) is 5.91 Å². The maximum Gasteiger partial charge on any atom is 0.230 e. The lowest BCUT2D eigenvalue weighted by atomic mass is 9.78. The van der Waals surface area contributed by atoms with Crippen molar-refractivity contribution in [3.63, 3.8) is 0 Å². The summed E-state index contributed by atoms with van der Waals surface area (Å²) in [5.74, 6) is -0.0521. The number of ether oxygens (including phenoxy) is 1. The fraction of sp³-hybridized carbons (Fsp3) is 0.632. The number of hydrogen-bond acceptors (Lipinski definition) is 3. The molecule has 0 spiro atoms. The highest BCUT2D eigenvalue weighted by molar-refractivity contribution is 5.88. The Kier molecular flexibility index (Phi) is 6.75. The number of amides is 1. The lowest BCUT2D eigenvalue weighted by Gasteiger charge is -2.29. The van der Waals surface area contributed by atoms with Crippen LogP contribution < -0.4 is 5.32 Å². The number of carbonyl (C=O) groups is 1.